The van der Waals surface area contributed by atoms with Crippen molar-refractivity contribution in [3.05, 3.63) is 41.3 Å². The van der Waals surface area contributed by atoms with Crippen LogP contribution in [-0.2, 0) is 7.05 Å². The molecule has 0 bridgehead atoms. The molecule has 0 unspecified atom stereocenters. The lowest BCUT2D eigenvalue weighted by molar-refractivity contribution is 0.102. The van der Waals surface area contributed by atoms with Gasteiger partial charge in [-0.3, -0.25) is 14.8 Å². The molecule has 1 fully saturated rings. The molecular weight excluding hydrogens is 300 g/mol. The lowest BCUT2D eigenvalue weighted by atomic mass is 10.3. The van der Waals surface area contributed by atoms with Crippen molar-refractivity contribution in [3.8, 4) is 5.82 Å². The zero-order valence-electron chi connectivity index (χ0n) is 11.9. The van der Waals surface area contributed by atoms with Crippen molar-refractivity contribution < 1.29 is 4.79 Å². The van der Waals surface area contributed by atoms with Crippen LogP contribution in [0.15, 0.2) is 30.7 Å². The fraction of sp³-hybridized carbons (Fsp3) is 0.286. The summed E-state index contributed by atoms with van der Waals surface area (Å²) in [5.74, 6) is 1.03. The van der Waals surface area contributed by atoms with Crippen LogP contribution in [0.2, 0.25) is 0 Å². The third-order valence-corrected chi connectivity index (χ3v) is 4.59. The van der Waals surface area contributed by atoms with Crippen LogP contribution in [0.25, 0.3) is 5.82 Å². The number of amides is 1. The molecule has 7 nitrogen and oxygen atoms in total. The number of rotatable bonds is 4. The summed E-state index contributed by atoms with van der Waals surface area (Å²) in [7, 11) is 1.81. The molecule has 0 aliphatic heterocycles. The van der Waals surface area contributed by atoms with Crippen LogP contribution in [0, 0.1) is 0 Å². The summed E-state index contributed by atoms with van der Waals surface area (Å²) in [6.07, 6.45) is 7.66. The van der Waals surface area contributed by atoms with Crippen molar-refractivity contribution in [2.45, 2.75) is 18.8 Å². The summed E-state index contributed by atoms with van der Waals surface area (Å²) in [6, 6.07) is 3.81. The van der Waals surface area contributed by atoms with Gasteiger partial charge in [0.1, 0.15) is 16.4 Å². The minimum atomic E-state index is -0.227. The number of hydrogen-bond donors (Lipinski definition) is 1. The lowest BCUT2D eigenvalue weighted by Crippen LogP contribution is -2.14. The number of aryl methyl sites for hydroxylation is 1. The molecule has 0 atom stereocenters. The van der Waals surface area contributed by atoms with E-state index >= 15 is 0 Å². The van der Waals surface area contributed by atoms with E-state index in [1.54, 1.807) is 10.9 Å². The Labute approximate surface area is 130 Å². The molecule has 3 aromatic rings. The van der Waals surface area contributed by atoms with E-state index in [9.17, 15) is 4.79 Å². The van der Waals surface area contributed by atoms with Gasteiger partial charge in [0.2, 0.25) is 5.13 Å². The Morgan fingerprint density at radius 2 is 2.09 bits per heavy atom. The van der Waals surface area contributed by atoms with Crippen LogP contribution in [0.4, 0.5) is 5.13 Å². The van der Waals surface area contributed by atoms with Crippen LogP contribution in [0.5, 0.6) is 0 Å². The van der Waals surface area contributed by atoms with Crippen LogP contribution < -0.4 is 5.32 Å². The van der Waals surface area contributed by atoms with Gasteiger partial charge in [0.15, 0.2) is 0 Å². The standard InChI is InChI=1S/C14H14N6OS/c1-19-13(20-6-2-3-7-20)10(8-15-19)11(21)16-14-18-17-12(22-14)9-4-5-9/h2-3,6-9H,4-5H2,1H3,(H,16,18,21). The van der Waals surface area contributed by atoms with E-state index in [1.165, 1.54) is 24.2 Å². The van der Waals surface area contributed by atoms with Crippen molar-refractivity contribution in [2.24, 2.45) is 7.05 Å². The highest BCUT2D eigenvalue weighted by Gasteiger charge is 2.28. The molecule has 1 saturated carbocycles. The molecule has 0 radical (unpaired) electrons. The molecule has 0 saturated heterocycles. The lowest BCUT2D eigenvalue weighted by Gasteiger charge is -2.06. The Hall–Kier alpha value is -2.48. The first-order valence-corrected chi connectivity index (χ1v) is 7.84. The molecule has 3 heterocycles. The van der Waals surface area contributed by atoms with Crippen molar-refractivity contribution in [1.29, 1.82) is 0 Å². The fourth-order valence-electron chi connectivity index (χ4n) is 2.32. The second kappa shape index (κ2) is 5.06. The van der Waals surface area contributed by atoms with Crippen LogP contribution in [-0.4, -0.2) is 30.5 Å². The Morgan fingerprint density at radius 3 is 2.82 bits per heavy atom. The number of carbonyl (C=O) groups excluding carboxylic acids is 1. The highest BCUT2D eigenvalue weighted by Crippen LogP contribution is 2.42. The third kappa shape index (κ3) is 2.31. The Kier molecular flexibility index (Phi) is 3.04. The summed E-state index contributed by atoms with van der Waals surface area (Å²) in [6.45, 7) is 0. The van der Waals surface area contributed by atoms with Gasteiger partial charge in [-0.2, -0.15) is 5.10 Å². The van der Waals surface area contributed by atoms with E-state index in [0.29, 0.717) is 16.6 Å². The monoisotopic (exact) mass is 314 g/mol. The molecule has 4 rings (SSSR count). The van der Waals surface area contributed by atoms with Gasteiger partial charge in [-0.1, -0.05) is 11.3 Å². The van der Waals surface area contributed by atoms with Gasteiger partial charge < -0.3 is 4.57 Å². The minimum absolute atomic E-state index is 0.227. The average Bonchev–Trinajstić information content (AvgIpc) is 2.92. The summed E-state index contributed by atoms with van der Waals surface area (Å²) in [5, 5.41) is 16.7. The molecule has 112 valence electrons. The second-order valence-corrected chi connectivity index (χ2v) is 6.28. The van der Waals surface area contributed by atoms with Gasteiger partial charge in [0.05, 0.1) is 6.20 Å². The van der Waals surface area contributed by atoms with E-state index in [2.05, 4.69) is 20.6 Å². The second-order valence-electron chi connectivity index (χ2n) is 5.27. The van der Waals surface area contributed by atoms with Crippen LogP contribution in [0.1, 0.15) is 34.1 Å². The molecule has 1 N–H and O–H groups in total. The average molecular weight is 314 g/mol. The first-order chi connectivity index (χ1) is 10.7. The predicted molar refractivity (Wildman–Crippen MR) is 82.4 cm³/mol. The third-order valence-electron chi connectivity index (χ3n) is 3.59. The summed E-state index contributed by atoms with van der Waals surface area (Å²) >= 11 is 1.45. The predicted octanol–water partition coefficient (Wildman–Crippen LogP) is 2.19. The number of aromatic nitrogens is 5. The maximum atomic E-state index is 12.5. The van der Waals surface area contributed by atoms with E-state index in [1.807, 2.05) is 36.1 Å². The molecular formula is C14H14N6OS. The molecule has 3 aromatic heterocycles. The van der Waals surface area contributed by atoms with Crippen LogP contribution in [0.3, 0.4) is 0 Å². The van der Waals surface area contributed by atoms with Gasteiger partial charge >= 0.3 is 0 Å². The summed E-state index contributed by atoms with van der Waals surface area (Å²) in [5.41, 5.74) is 0.502. The maximum Gasteiger partial charge on any atom is 0.262 e. The molecule has 0 aromatic carbocycles. The molecule has 8 heteroatoms. The number of hydrogen-bond acceptors (Lipinski definition) is 5. The topological polar surface area (TPSA) is 77.6 Å². The zero-order chi connectivity index (χ0) is 15.1. The normalized spacial score (nSPS) is 14.2. The maximum absolute atomic E-state index is 12.5. The van der Waals surface area contributed by atoms with Gasteiger partial charge in [-0.25, -0.2) is 0 Å². The van der Waals surface area contributed by atoms with Crippen molar-refractivity contribution in [1.82, 2.24) is 24.5 Å². The number of nitrogens with zero attached hydrogens (tertiary/aromatic N) is 5. The highest BCUT2D eigenvalue weighted by molar-refractivity contribution is 7.15. The van der Waals surface area contributed by atoms with Crippen molar-refractivity contribution in [3.63, 3.8) is 0 Å². The molecule has 1 aliphatic rings. The number of anilines is 1. The Balaban J connectivity index is 1.60. The van der Waals surface area contributed by atoms with E-state index in [4.69, 9.17) is 0 Å². The molecule has 0 spiro atoms. The van der Waals surface area contributed by atoms with Gasteiger partial charge in [-0.05, 0) is 25.0 Å². The van der Waals surface area contributed by atoms with Gasteiger partial charge in [-0.15, -0.1) is 10.2 Å². The van der Waals surface area contributed by atoms with E-state index in [0.717, 1.165) is 10.8 Å². The summed E-state index contributed by atoms with van der Waals surface area (Å²) < 4.78 is 3.53. The van der Waals surface area contributed by atoms with E-state index in [-0.39, 0.29) is 5.91 Å². The smallest absolute Gasteiger partial charge is 0.262 e. The zero-order valence-corrected chi connectivity index (χ0v) is 12.7. The van der Waals surface area contributed by atoms with Crippen LogP contribution >= 0.6 is 11.3 Å². The SMILES string of the molecule is Cn1ncc(C(=O)Nc2nnc(C3CC3)s2)c1-n1cccc1. The number of carbonyl (C=O) groups is 1. The fourth-order valence-corrected chi connectivity index (χ4v) is 3.23. The molecule has 1 aliphatic carbocycles. The summed E-state index contributed by atoms with van der Waals surface area (Å²) in [4.78, 5) is 12.5. The number of nitrogens with one attached hydrogen (secondary N) is 1. The first kappa shape index (κ1) is 13.2. The largest absolute Gasteiger partial charge is 0.308 e. The minimum Gasteiger partial charge on any atom is -0.308 e. The van der Waals surface area contributed by atoms with Gasteiger partial charge in [0, 0.05) is 25.4 Å². The first-order valence-electron chi connectivity index (χ1n) is 7.02. The Bertz CT molecular complexity index is 814. The Morgan fingerprint density at radius 1 is 1.32 bits per heavy atom. The van der Waals surface area contributed by atoms with Crippen molar-refractivity contribution >= 4 is 22.4 Å². The highest BCUT2D eigenvalue weighted by atomic mass is 32.1. The molecule has 1 amide bonds. The quantitative estimate of drug-likeness (QED) is 0.801. The molecule has 22 heavy (non-hydrogen) atoms. The van der Waals surface area contributed by atoms with Crippen molar-refractivity contribution in [2.75, 3.05) is 5.32 Å². The van der Waals surface area contributed by atoms with E-state index < -0.39 is 0 Å². The van der Waals surface area contributed by atoms with Gasteiger partial charge in [0.25, 0.3) is 5.91 Å².